The number of nitrogens with one attached hydrogen (secondary N) is 2. The lowest BCUT2D eigenvalue weighted by molar-refractivity contribution is -0.120. The number of hydrogen-bond acceptors (Lipinski definition) is 5. The number of halogens is 1. The van der Waals surface area contributed by atoms with Crippen LogP contribution < -0.4 is 20.2 Å². The molecule has 3 rings (SSSR count). The van der Waals surface area contributed by atoms with E-state index in [4.69, 9.17) is 21.1 Å². The predicted octanol–water partition coefficient (Wildman–Crippen LogP) is 4.51. The first kappa shape index (κ1) is 24.8. The largest absolute Gasteiger partial charge is 0.490 e. The Hall–Kier alpha value is -3.84. The maximum atomic E-state index is 12.2. The molecule has 0 heterocycles. The van der Waals surface area contributed by atoms with Crippen molar-refractivity contribution < 1.29 is 19.1 Å². The van der Waals surface area contributed by atoms with Gasteiger partial charge in [0.15, 0.2) is 11.5 Å². The minimum absolute atomic E-state index is 0.188. The van der Waals surface area contributed by atoms with Crippen LogP contribution in [0, 0.1) is 6.92 Å². The first-order valence-electron chi connectivity index (χ1n) is 10.8. The highest BCUT2D eigenvalue weighted by Gasteiger charge is 2.10. The van der Waals surface area contributed by atoms with Gasteiger partial charge in [-0.3, -0.25) is 9.59 Å². The molecule has 176 valence electrons. The molecule has 0 aliphatic heterocycles. The average Bonchev–Trinajstić information content (AvgIpc) is 2.83. The number of benzene rings is 3. The highest BCUT2D eigenvalue weighted by atomic mass is 35.5. The van der Waals surface area contributed by atoms with Gasteiger partial charge in [-0.15, -0.1) is 0 Å². The fraction of sp³-hybridized carbons (Fsp3) is 0.192. The fourth-order valence-electron chi connectivity index (χ4n) is 3.04. The van der Waals surface area contributed by atoms with Crippen molar-refractivity contribution in [3.8, 4) is 11.5 Å². The Balaban J connectivity index is 1.53. The number of hydrogen-bond donors (Lipinski definition) is 2. The van der Waals surface area contributed by atoms with Crippen molar-refractivity contribution in [2.75, 3.05) is 13.2 Å². The molecule has 0 aliphatic carbocycles. The fourth-order valence-corrected chi connectivity index (χ4v) is 3.16. The van der Waals surface area contributed by atoms with E-state index in [2.05, 4.69) is 15.8 Å². The highest BCUT2D eigenvalue weighted by molar-refractivity contribution is 6.30. The zero-order chi connectivity index (χ0) is 24.3. The maximum Gasteiger partial charge on any atom is 0.259 e. The summed E-state index contributed by atoms with van der Waals surface area (Å²) in [4.78, 5) is 24.2. The maximum absolute atomic E-state index is 12.2. The van der Waals surface area contributed by atoms with Crippen molar-refractivity contribution in [1.82, 2.24) is 10.7 Å². The smallest absolute Gasteiger partial charge is 0.259 e. The Morgan fingerprint density at radius 1 is 1.00 bits per heavy atom. The molecule has 3 aromatic rings. The highest BCUT2D eigenvalue weighted by Crippen LogP contribution is 2.29. The standard InChI is InChI=1S/C26H26ClN3O4/c1-3-33-24-14-20(10-13-23(24)34-17-19-8-11-21(27)12-9-19)15-29-30-25(31)16-28-26(32)22-7-5-4-6-18(22)2/h4-15H,3,16-17H2,1-2H3,(H,28,32)(H,30,31). The summed E-state index contributed by atoms with van der Waals surface area (Å²) >= 11 is 5.92. The molecule has 0 aromatic heterocycles. The minimum atomic E-state index is -0.439. The van der Waals surface area contributed by atoms with Crippen LogP contribution in [0.3, 0.4) is 0 Å². The molecule has 0 fully saturated rings. The predicted molar refractivity (Wildman–Crippen MR) is 133 cm³/mol. The molecule has 0 saturated heterocycles. The second-order valence-electron chi connectivity index (χ2n) is 7.35. The van der Waals surface area contributed by atoms with E-state index in [0.717, 1.165) is 11.1 Å². The third-order valence-electron chi connectivity index (χ3n) is 4.78. The van der Waals surface area contributed by atoms with Crippen molar-refractivity contribution in [2.24, 2.45) is 5.10 Å². The lowest BCUT2D eigenvalue weighted by Gasteiger charge is -2.12. The number of hydrazone groups is 1. The molecule has 2 amide bonds. The second kappa shape index (κ2) is 12.4. The zero-order valence-electron chi connectivity index (χ0n) is 19.0. The van der Waals surface area contributed by atoms with E-state index in [9.17, 15) is 9.59 Å². The normalized spacial score (nSPS) is 10.7. The van der Waals surface area contributed by atoms with E-state index >= 15 is 0 Å². The number of aryl methyl sites for hydroxylation is 1. The van der Waals surface area contributed by atoms with Crippen LogP contribution in [0.15, 0.2) is 71.8 Å². The van der Waals surface area contributed by atoms with Crippen LogP contribution in [0.1, 0.15) is 34.0 Å². The van der Waals surface area contributed by atoms with Gasteiger partial charge < -0.3 is 14.8 Å². The van der Waals surface area contributed by atoms with Gasteiger partial charge in [0.2, 0.25) is 0 Å². The number of ether oxygens (including phenoxy) is 2. The van der Waals surface area contributed by atoms with Crippen LogP contribution in [0.25, 0.3) is 0 Å². The molecule has 2 N–H and O–H groups in total. The van der Waals surface area contributed by atoms with Crippen molar-refractivity contribution >= 4 is 29.6 Å². The molecule has 0 atom stereocenters. The van der Waals surface area contributed by atoms with Crippen LogP contribution in [0.2, 0.25) is 5.02 Å². The van der Waals surface area contributed by atoms with Crippen LogP contribution in [-0.4, -0.2) is 31.2 Å². The van der Waals surface area contributed by atoms with Crippen LogP contribution in [0.4, 0.5) is 0 Å². The van der Waals surface area contributed by atoms with Crippen molar-refractivity contribution in [2.45, 2.75) is 20.5 Å². The van der Waals surface area contributed by atoms with Gasteiger partial charge in [-0.25, -0.2) is 5.43 Å². The lowest BCUT2D eigenvalue weighted by atomic mass is 10.1. The molecule has 8 heteroatoms. The molecule has 7 nitrogen and oxygen atoms in total. The molecule has 0 unspecified atom stereocenters. The average molecular weight is 480 g/mol. The monoisotopic (exact) mass is 479 g/mol. The number of carbonyl (C=O) groups excluding carboxylic acids is 2. The summed E-state index contributed by atoms with van der Waals surface area (Å²) in [5.41, 5.74) is 5.46. The quantitative estimate of drug-likeness (QED) is 0.331. The molecule has 0 aliphatic rings. The molecule has 0 spiro atoms. The molecule has 3 aromatic carbocycles. The van der Waals surface area contributed by atoms with Crippen LogP contribution >= 0.6 is 11.6 Å². The van der Waals surface area contributed by atoms with Gasteiger partial charge >= 0.3 is 0 Å². The summed E-state index contributed by atoms with van der Waals surface area (Å²) in [5.74, 6) is 0.410. The van der Waals surface area contributed by atoms with E-state index in [1.165, 1.54) is 6.21 Å². The van der Waals surface area contributed by atoms with Gasteiger partial charge in [0.25, 0.3) is 11.8 Å². The van der Waals surface area contributed by atoms with Gasteiger partial charge in [-0.2, -0.15) is 5.10 Å². The number of amides is 2. The SMILES string of the molecule is CCOc1cc(C=NNC(=O)CNC(=O)c2ccccc2C)ccc1OCc1ccc(Cl)cc1. The molecule has 0 radical (unpaired) electrons. The minimum Gasteiger partial charge on any atom is -0.490 e. The summed E-state index contributed by atoms with van der Waals surface area (Å²) in [7, 11) is 0. The van der Waals surface area contributed by atoms with Crippen LogP contribution in [0.5, 0.6) is 11.5 Å². The number of carbonyl (C=O) groups is 2. The van der Waals surface area contributed by atoms with Crippen molar-refractivity contribution in [3.63, 3.8) is 0 Å². The number of rotatable bonds is 10. The van der Waals surface area contributed by atoms with Gasteiger partial charge in [0.05, 0.1) is 19.4 Å². The van der Waals surface area contributed by atoms with Crippen molar-refractivity contribution in [3.05, 3.63) is 94.0 Å². The Labute approximate surface area is 203 Å². The molecular weight excluding hydrogens is 454 g/mol. The zero-order valence-corrected chi connectivity index (χ0v) is 19.8. The van der Waals surface area contributed by atoms with E-state index in [1.54, 1.807) is 30.3 Å². The summed E-state index contributed by atoms with van der Waals surface area (Å²) in [6.07, 6.45) is 1.49. The van der Waals surface area contributed by atoms with E-state index in [-0.39, 0.29) is 12.5 Å². The molecule has 0 bridgehead atoms. The Kier molecular flexibility index (Phi) is 9.05. The Morgan fingerprint density at radius 3 is 2.50 bits per heavy atom. The molecule has 0 saturated carbocycles. The van der Waals surface area contributed by atoms with Gasteiger partial charge in [0.1, 0.15) is 6.61 Å². The van der Waals surface area contributed by atoms with Gasteiger partial charge in [0, 0.05) is 10.6 Å². The van der Waals surface area contributed by atoms with E-state index < -0.39 is 5.91 Å². The molecular formula is C26H26ClN3O4. The molecule has 34 heavy (non-hydrogen) atoms. The van der Waals surface area contributed by atoms with E-state index in [0.29, 0.717) is 40.9 Å². The first-order valence-corrected chi connectivity index (χ1v) is 11.1. The third-order valence-corrected chi connectivity index (χ3v) is 5.03. The van der Waals surface area contributed by atoms with E-state index in [1.807, 2.05) is 50.2 Å². The Morgan fingerprint density at radius 2 is 1.76 bits per heavy atom. The lowest BCUT2D eigenvalue weighted by Crippen LogP contribution is -2.35. The second-order valence-corrected chi connectivity index (χ2v) is 7.78. The summed E-state index contributed by atoms with van der Waals surface area (Å²) in [6, 6.07) is 19.9. The van der Waals surface area contributed by atoms with Crippen LogP contribution in [-0.2, 0) is 11.4 Å². The van der Waals surface area contributed by atoms with Gasteiger partial charge in [-0.05, 0) is 66.9 Å². The number of nitrogens with zero attached hydrogens (tertiary/aromatic N) is 1. The first-order chi connectivity index (χ1) is 16.5. The third kappa shape index (κ3) is 7.35. The topological polar surface area (TPSA) is 89.0 Å². The summed E-state index contributed by atoms with van der Waals surface area (Å²) < 4.78 is 11.6. The summed E-state index contributed by atoms with van der Waals surface area (Å²) in [6.45, 7) is 4.37. The summed E-state index contributed by atoms with van der Waals surface area (Å²) in [5, 5.41) is 7.21. The Bertz CT molecular complexity index is 1160. The van der Waals surface area contributed by atoms with Crippen molar-refractivity contribution in [1.29, 1.82) is 0 Å². The van der Waals surface area contributed by atoms with Gasteiger partial charge in [-0.1, -0.05) is 41.9 Å².